The minimum atomic E-state index is -0.490. The zero-order chi connectivity index (χ0) is 17.5. The van der Waals surface area contributed by atoms with Crippen molar-refractivity contribution in [2.24, 2.45) is 0 Å². The van der Waals surface area contributed by atoms with Crippen molar-refractivity contribution < 1.29 is 14.3 Å². The fourth-order valence-corrected chi connectivity index (χ4v) is 2.46. The normalized spacial score (nSPS) is 14.2. The summed E-state index contributed by atoms with van der Waals surface area (Å²) in [5.41, 5.74) is 0.225. The first kappa shape index (κ1) is 20.2. The average molecular weight is 433 g/mol. The van der Waals surface area contributed by atoms with Crippen LogP contribution in [0.25, 0.3) is 0 Å². The van der Waals surface area contributed by atoms with Crippen molar-refractivity contribution in [1.82, 2.24) is 4.90 Å². The highest BCUT2D eigenvalue weighted by Gasteiger charge is 2.31. The number of nitrogens with zero attached hydrogens (tertiary/aromatic N) is 1. The number of ether oxygens (including phenoxy) is 2. The van der Waals surface area contributed by atoms with Gasteiger partial charge in [-0.25, -0.2) is 4.79 Å². The van der Waals surface area contributed by atoms with Gasteiger partial charge in [0.1, 0.15) is 5.60 Å². The molecule has 0 N–H and O–H groups in total. The highest BCUT2D eigenvalue weighted by atomic mass is 127. The van der Waals surface area contributed by atoms with E-state index >= 15 is 0 Å². The Morgan fingerprint density at radius 3 is 2.26 bits per heavy atom. The molecule has 130 valence electrons. The Labute approximate surface area is 153 Å². The molecule has 0 bridgehead atoms. The fraction of sp³-hybridized carbons (Fsp3) is 0.611. The highest BCUT2D eigenvalue weighted by molar-refractivity contribution is 14.1. The van der Waals surface area contributed by atoms with E-state index in [9.17, 15) is 4.79 Å². The van der Waals surface area contributed by atoms with Gasteiger partial charge in [-0.3, -0.25) is 0 Å². The van der Waals surface area contributed by atoms with Crippen molar-refractivity contribution >= 4 is 28.7 Å². The Balaban J connectivity index is 2.68. The molecule has 1 aromatic carbocycles. The van der Waals surface area contributed by atoms with Gasteiger partial charge >= 0.3 is 6.09 Å². The SMILES string of the molecule is CCN(CC(C)(CI)OCc1ccccc1)C(=O)OC(C)(C)C. The summed E-state index contributed by atoms with van der Waals surface area (Å²) in [5, 5.41) is 0. The molecule has 0 radical (unpaired) electrons. The molecule has 1 rings (SSSR count). The first-order chi connectivity index (χ1) is 10.7. The van der Waals surface area contributed by atoms with Gasteiger partial charge in [0.15, 0.2) is 0 Å². The Hall–Kier alpha value is -0.820. The molecule has 0 fully saturated rings. The van der Waals surface area contributed by atoms with Gasteiger partial charge in [0.2, 0.25) is 0 Å². The van der Waals surface area contributed by atoms with Crippen LogP contribution in [0.5, 0.6) is 0 Å². The van der Waals surface area contributed by atoms with Gasteiger partial charge < -0.3 is 14.4 Å². The summed E-state index contributed by atoms with van der Waals surface area (Å²) in [6, 6.07) is 10.1. The topological polar surface area (TPSA) is 38.8 Å². The van der Waals surface area contributed by atoms with Gasteiger partial charge in [-0.1, -0.05) is 52.9 Å². The number of rotatable bonds is 7. The smallest absolute Gasteiger partial charge is 0.410 e. The first-order valence-electron chi connectivity index (χ1n) is 7.91. The van der Waals surface area contributed by atoms with Crippen LogP contribution in [-0.2, 0) is 16.1 Å². The lowest BCUT2D eigenvalue weighted by molar-refractivity contribution is -0.0497. The minimum Gasteiger partial charge on any atom is -0.444 e. The van der Waals surface area contributed by atoms with Crippen molar-refractivity contribution in [3.05, 3.63) is 35.9 Å². The highest BCUT2D eigenvalue weighted by Crippen LogP contribution is 2.20. The predicted molar refractivity (Wildman–Crippen MR) is 102 cm³/mol. The summed E-state index contributed by atoms with van der Waals surface area (Å²) < 4.78 is 12.4. The van der Waals surface area contributed by atoms with Crippen LogP contribution in [-0.4, -0.2) is 39.7 Å². The van der Waals surface area contributed by atoms with E-state index in [0.717, 1.165) is 9.99 Å². The summed E-state index contributed by atoms with van der Waals surface area (Å²) in [4.78, 5) is 14.0. The number of carbonyl (C=O) groups is 1. The van der Waals surface area contributed by atoms with Gasteiger partial charge in [0, 0.05) is 11.0 Å². The van der Waals surface area contributed by atoms with E-state index in [1.807, 2.05) is 65.0 Å². The molecule has 1 atom stereocenters. The van der Waals surface area contributed by atoms with E-state index in [1.54, 1.807) is 4.90 Å². The zero-order valence-corrected chi connectivity index (χ0v) is 16.9. The molecule has 0 saturated heterocycles. The third kappa shape index (κ3) is 7.52. The third-order valence-electron chi connectivity index (χ3n) is 3.27. The molecule has 1 unspecified atom stereocenters. The first-order valence-corrected chi connectivity index (χ1v) is 9.43. The number of alkyl halides is 1. The lowest BCUT2D eigenvalue weighted by Crippen LogP contribution is -2.48. The number of halogens is 1. The van der Waals surface area contributed by atoms with Crippen LogP contribution in [0, 0.1) is 0 Å². The Morgan fingerprint density at radius 1 is 1.17 bits per heavy atom. The molecule has 4 nitrogen and oxygen atoms in total. The molecule has 0 aliphatic carbocycles. The molecule has 0 saturated carbocycles. The lowest BCUT2D eigenvalue weighted by atomic mass is 10.1. The third-order valence-corrected chi connectivity index (χ3v) is 4.89. The Kier molecular flexibility index (Phi) is 7.80. The largest absolute Gasteiger partial charge is 0.444 e. The van der Waals surface area contributed by atoms with Crippen LogP contribution in [0.3, 0.4) is 0 Å². The molecule has 23 heavy (non-hydrogen) atoms. The van der Waals surface area contributed by atoms with Gasteiger partial charge in [-0.2, -0.15) is 0 Å². The maximum absolute atomic E-state index is 12.3. The van der Waals surface area contributed by atoms with E-state index in [1.165, 1.54) is 0 Å². The van der Waals surface area contributed by atoms with Crippen LogP contribution < -0.4 is 0 Å². The molecule has 0 heterocycles. The number of hydrogen-bond acceptors (Lipinski definition) is 3. The van der Waals surface area contributed by atoms with Gasteiger partial charge in [-0.05, 0) is 40.2 Å². The monoisotopic (exact) mass is 433 g/mol. The number of benzene rings is 1. The van der Waals surface area contributed by atoms with Crippen molar-refractivity contribution in [3.63, 3.8) is 0 Å². The molecular formula is C18H28INO3. The second-order valence-electron chi connectivity index (χ2n) is 6.85. The molecule has 5 heteroatoms. The lowest BCUT2D eigenvalue weighted by Gasteiger charge is -2.35. The van der Waals surface area contributed by atoms with E-state index < -0.39 is 11.2 Å². The van der Waals surface area contributed by atoms with E-state index in [4.69, 9.17) is 9.47 Å². The van der Waals surface area contributed by atoms with Gasteiger partial charge in [0.25, 0.3) is 0 Å². The maximum Gasteiger partial charge on any atom is 0.410 e. The van der Waals surface area contributed by atoms with Gasteiger partial charge in [-0.15, -0.1) is 0 Å². The molecule has 0 aromatic heterocycles. The van der Waals surface area contributed by atoms with Crippen LogP contribution >= 0.6 is 22.6 Å². The summed E-state index contributed by atoms with van der Waals surface area (Å²) >= 11 is 2.31. The maximum atomic E-state index is 12.3. The number of amides is 1. The zero-order valence-electron chi connectivity index (χ0n) is 14.8. The van der Waals surface area contributed by atoms with E-state index in [0.29, 0.717) is 19.7 Å². The molecular weight excluding hydrogens is 405 g/mol. The number of hydrogen-bond donors (Lipinski definition) is 0. The van der Waals surface area contributed by atoms with Crippen molar-refractivity contribution in [2.45, 2.75) is 52.4 Å². The predicted octanol–water partition coefficient (Wildman–Crippen LogP) is 4.65. The number of carbonyl (C=O) groups excluding carboxylic acids is 1. The summed E-state index contributed by atoms with van der Waals surface area (Å²) in [5.74, 6) is 0. The van der Waals surface area contributed by atoms with Gasteiger partial charge in [0.05, 0.1) is 18.8 Å². The van der Waals surface area contributed by atoms with Crippen molar-refractivity contribution in [2.75, 3.05) is 17.5 Å². The Morgan fingerprint density at radius 2 is 1.78 bits per heavy atom. The second kappa shape index (κ2) is 8.87. The quantitative estimate of drug-likeness (QED) is 0.464. The molecule has 0 aliphatic rings. The van der Waals surface area contributed by atoms with Crippen molar-refractivity contribution in [1.29, 1.82) is 0 Å². The fourth-order valence-electron chi connectivity index (χ4n) is 1.99. The standard InChI is InChI=1S/C18H28INO3/c1-6-20(16(21)23-17(2,3)4)14-18(5,13-19)22-12-15-10-8-7-9-11-15/h7-11H,6,12-14H2,1-5H3. The van der Waals surface area contributed by atoms with Crippen molar-refractivity contribution in [3.8, 4) is 0 Å². The number of likely N-dealkylation sites (N-methyl/N-ethyl adjacent to an activating group) is 1. The summed E-state index contributed by atoms with van der Waals surface area (Å²) in [7, 11) is 0. The van der Waals surface area contributed by atoms with Crippen LogP contribution in [0.15, 0.2) is 30.3 Å². The summed E-state index contributed by atoms with van der Waals surface area (Å²) in [6.45, 7) is 11.3. The van der Waals surface area contributed by atoms with Crippen LogP contribution in [0.1, 0.15) is 40.2 Å². The van der Waals surface area contributed by atoms with E-state index in [-0.39, 0.29) is 6.09 Å². The molecule has 0 aliphatic heterocycles. The second-order valence-corrected chi connectivity index (χ2v) is 7.62. The minimum absolute atomic E-state index is 0.292. The van der Waals surface area contributed by atoms with Crippen LogP contribution in [0.4, 0.5) is 4.79 Å². The van der Waals surface area contributed by atoms with Crippen LogP contribution in [0.2, 0.25) is 0 Å². The molecule has 0 spiro atoms. The molecule has 1 aromatic rings. The van der Waals surface area contributed by atoms with E-state index in [2.05, 4.69) is 22.6 Å². The molecule has 1 amide bonds. The Bertz CT molecular complexity index is 487. The average Bonchev–Trinajstić information content (AvgIpc) is 2.50. The summed E-state index contributed by atoms with van der Waals surface area (Å²) in [6.07, 6.45) is -0.292.